The van der Waals surface area contributed by atoms with Gasteiger partial charge >= 0.3 is 0 Å². The summed E-state index contributed by atoms with van der Waals surface area (Å²) in [6.45, 7) is 4.16. The van der Waals surface area contributed by atoms with Crippen molar-refractivity contribution in [2.24, 2.45) is 0 Å². The average Bonchev–Trinajstić information content (AvgIpc) is 2.75. The number of carbonyl (C=O) groups is 1. The van der Waals surface area contributed by atoms with E-state index in [0.717, 1.165) is 16.8 Å². The van der Waals surface area contributed by atoms with Crippen LogP contribution in [0, 0.1) is 6.92 Å². The Labute approximate surface area is 191 Å². The maximum absolute atomic E-state index is 12.5. The molecule has 0 fully saturated rings. The van der Waals surface area contributed by atoms with E-state index in [2.05, 4.69) is 10.4 Å². The SMILES string of the molecule is Cc1ccc(-n2nc(S[C@H](C)C(=O)NCc3ccc(N(C)C)cc3)ccc2=O)cc1Cl. The normalized spacial score (nSPS) is 11.8. The fourth-order valence-corrected chi connectivity index (χ4v) is 3.84. The van der Waals surface area contributed by atoms with E-state index in [1.165, 1.54) is 22.5 Å². The van der Waals surface area contributed by atoms with Crippen LogP contribution in [0.3, 0.4) is 0 Å². The molecule has 0 aliphatic heterocycles. The molecule has 1 aromatic heterocycles. The minimum absolute atomic E-state index is 0.0976. The highest BCUT2D eigenvalue weighted by atomic mass is 35.5. The molecular weight excluding hydrogens is 432 g/mol. The number of hydrogen-bond donors (Lipinski definition) is 1. The second kappa shape index (κ2) is 10.0. The lowest BCUT2D eigenvalue weighted by Gasteiger charge is -2.14. The van der Waals surface area contributed by atoms with Crippen LogP contribution in [-0.4, -0.2) is 35.0 Å². The highest BCUT2D eigenvalue weighted by molar-refractivity contribution is 8.00. The zero-order chi connectivity index (χ0) is 22.5. The molecule has 3 rings (SSSR count). The average molecular weight is 457 g/mol. The third-order valence-corrected chi connectivity index (χ3v) is 6.20. The maximum atomic E-state index is 12.5. The van der Waals surface area contributed by atoms with Crippen LogP contribution in [0.4, 0.5) is 5.69 Å². The van der Waals surface area contributed by atoms with Gasteiger partial charge in [-0.2, -0.15) is 9.78 Å². The smallest absolute Gasteiger partial charge is 0.271 e. The maximum Gasteiger partial charge on any atom is 0.271 e. The number of anilines is 1. The van der Waals surface area contributed by atoms with Crippen LogP contribution >= 0.6 is 23.4 Å². The molecular formula is C23H25ClN4O2S. The first-order valence-corrected chi connectivity index (χ1v) is 11.1. The second-order valence-corrected chi connectivity index (χ2v) is 9.16. The number of hydrogen-bond acceptors (Lipinski definition) is 5. The van der Waals surface area contributed by atoms with Crippen LogP contribution in [0.5, 0.6) is 0 Å². The number of aromatic nitrogens is 2. The lowest BCUT2D eigenvalue weighted by atomic mass is 10.2. The van der Waals surface area contributed by atoms with E-state index in [1.54, 1.807) is 18.2 Å². The summed E-state index contributed by atoms with van der Waals surface area (Å²) in [6, 6.07) is 16.4. The third kappa shape index (κ3) is 5.89. The first-order chi connectivity index (χ1) is 14.7. The summed E-state index contributed by atoms with van der Waals surface area (Å²) in [5.41, 5.74) is 3.38. The predicted molar refractivity (Wildman–Crippen MR) is 128 cm³/mol. The zero-order valence-electron chi connectivity index (χ0n) is 17.9. The van der Waals surface area contributed by atoms with E-state index in [0.29, 0.717) is 22.3 Å². The number of benzene rings is 2. The van der Waals surface area contributed by atoms with E-state index >= 15 is 0 Å². The summed E-state index contributed by atoms with van der Waals surface area (Å²) in [6.07, 6.45) is 0. The molecule has 0 aliphatic carbocycles. The topological polar surface area (TPSA) is 67.2 Å². The summed E-state index contributed by atoms with van der Waals surface area (Å²) in [5.74, 6) is -0.0976. The number of nitrogens with zero attached hydrogens (tertiary/aromatic N) is 3. The molecule has 2 aromatic carbocycles. The lowest BCUT2D eigenvalue weighted by molar-refractivity contribution is -0.120. The van der Waals surface area contributed by atoms with E-state index < -0.39 is 0 Å². The van der Waals surface area contributed by atoms with E-state index in [4.69, 9.17) is 11.6 Å². The fourth-order valence-electron chi connectivity index (χ4n) is 2.84. The first-order valence-electron chi connectivity index (χ1n) is 9.82. The van der Waals surface area contributed by atoms with Gasteiger partial charge in [-0.1, -0.05) is 41.6 Å². The van der Waals surface area contributed by atoms with Crippen LogP contribution in [-0.2, 0) is 11.3 Å². The molecule has 31 heavy (non-hydrogen) atoms. The van der Waals surface area contributed by atoms with Crippen molar-refractivity contribution in [3.63, 3.8) is 0 Å². The summed E-state index contributed by atoms with van der Waals surface area (Å²) in [4.78, 5) is 26.9. The zero-order valence-corrected chi connectivity index (χ0v) is 19.5. The highest BCUT2D eigenvalue weighted by Gasteiger charge is 2.16. The van der Waals surface area contributed by atoms with Gasteiger partial charge in [0.25, 0.3) is 5.56 Å². The number of aryl methyl sites for hydroxylation is 1. The molecule has 0 bridgehead atoms. The van der Waals surface area contributed by atoms with Crippen molar-refractivity contribution in [3.8, 4) is 5.69 Å². The molecule has 6 nitrogen and oxygen atoms in total. The van der Waals surface area contributed by atoms with Crippen molar-refractivity contribution in [2.75, 3.05) is 19.0 Å². The number of nitrogens with one attached hydrogen (secondary N) is 1. The van der Waals surface area contributed by atoms with Crippen molar-refractivity contribution >= 4 is 35.0 Å². The molecule has 0 spiro atoms. The van der Waals surface area contributed by atoms with Gasteiger partial charge in [0.05, 0.1) is 10.9 Å². The summed E-state index contributed by atoms with van der Waals surface area (Å²) >= 11 is 7.48. The number of amides is 1. The third-order valence-electron chi connectivity index (χ3n) is 4.76. The van der Waals surface area contributed by atoms with E-state index in [-0.39, 0.29) is 16.7 Å². The fraction of sp³-hybridized carbons (Fsp3) is 0.261. The largest absolute Gasteiger partial charge is 0.378 e. The lowest BCUT2D eigenvalue weighted by Crippen LogP contribution is -2.30. The quantitative estimate of drug-likeness (QED) is 0.543. The monoisotopic (exact) mass is 456 g/mol. The van der Waals surface area contributed by atoms with E-state index in [1.807, 2.05) is 63.2 Å². The van der Waals surface area contributed by atoms with Crippen molar-refractivity contribution in [1.29, 1.82) is 0 Å². The van der Waals surface area contributed by atoms with Gasteiger partial charge in [-0.05, 0) is 55.3 Å². The minimum Gasteiger partial charge on any atom is -0.378 e. The van der Waals surface area contributed by atoms with Crippen LogP contribution in [0.15, 0.2) is 64.4 Å². The Morgan fingerprint density at radius 3 is 2.52 bits per heavy atom. The molecule has 1 atom stereocenters. The molecule has 0 saturated carbocycles. The summed E-state index contributed by atoms with van der Waals surface area (Å²) in [7, 11) is 3.97. The highest BCUT2D eigenvalue weighted by Crippen LogP contribution is 2.22. The molecule has 0 aliphatic rings. The number of thioether (sulfide) groups is 1. The van der Waals surface area contributed by atoms with Crippen LogP contribution < -0.4 is 15.8 Å². The summed E-state index contributed by atoms with van der Waals surface area (Å²) < 4.78 is 1.30. The molecule has 3 aromatic rings. The molecule has 1 heterocycles. The Morgan fingerprint density at radius 1 is 1.16 bits per heavy atom. The number of carbonyl (C=O) groups excluding carboxylic acids is 1. The Morgan fingerprint density at radius 2 is 1.87 bits per heavy atom. The molecule has 0 radical (unpaired) electrons. The van der Waals surface area contributed by atoms with Gasteiger partial charge in [0.1, 0.15) is 5.03 Å². The minimum atomic E-state index is -0.374. The molecule has 162 valence electrons. The van der Waals surface area contributed by atoms with Gasteiger partial charge in [0.2, 0.25) is 5.91 Å². The van der Waals surface area contributed by atoms with Gasteiger partial charge in [-0.15, -0.1) is 0 Å². The molecule has 0 unspecified atom stereocenters. The Bertz CT molecular complexity index is 1130. The van der Waals surface area contributed by atoms with E-state index in [9.17, 15) is 9.59 Å². The van der Waals surface area contributed by atoms with Crippen LogP contribution in [0.25, 0.3) is 5.69 Å². The van der Waals surface area contributed by atoms with Crippen molar-refractivity contribution in [1.82, 2.24) is 15.1 Å². The van der Waals surface area contributed by atoms with Gasteiger partial charge in [-0.3, -0.25) is 9.59 Å². The number of halogens is 1. The molecule has 1 amide bonds. The summed E-state index contributed by atoms with van der Waals surface area (Å²) in [5, 5.41) is 8.13. The predicted octanol–water partition coefficient (Wildman–Crippen LogP) is 4.06. The molecule has 0 saturated heterocycles. The Hall–Kier alpha value is -2.77. The Balaban J connectivity index is 1.65. The Kier molecular flexibility index (Phi) is 7.41. The van der Waals surface area contributed by atoms with Gasteiger partial charge < -0.3 is 10.2 Å². The standard InChI is InChI=1S/C23H25ClN4O2S/c1-15-5-8-19(13-20(15)24)28-22(29)12-11-21(26-28)31-16(2)23(30)25-14-17-6-9-18(10-7-17)27(3)4/h5-13,16H,14H2,1-4H3,(H,25,30)/t16-/m1/s1. The van der Waals surface area contributed by atoms with Crippen molar-refractivity contribution < 1.29 is 4.79 Å². The van der Waals surface area contributed by atoms with Crippen LogP contribution in [0.1, 0.15) is 18.1 Å². The van der Waals surface area contributed by atoms with Gasteiger partial charge in [0, 0.05) is 37.4 Å². The molecule has 8 heteroatoms. The molecule has 1 N–H and O–H groups in total. The second-order valence-electron chi connectivity index (χ2n) is 7.39. The number of rotatable bonds is 7. The van der Waals surface area contributed by atoms with Crippen molar-refractivity contribution in [2.45, 2.75) is 30.7 Å². The van der Waals surface area contributed by atoms with Gasteiger partial charge in [0.15, 0.2) is 0 Å². The van der Waals surface area contributed by atoms with Crippen molar-refractivity contribution in [3.05, 3.63) is 81.1 Å². The van der Waals surface area contributed by atoms with Crippen LogP contribution in [0.2, 0.25) is 5.02 Å². The first kappa shape index (κ1) is 22.9. The van der Waals surface area contributed by atoms with Gasteiger partial charge in [-0.25, -0.2) is 0 Å².